The van der Waals surface area contributed by atoms with Crippen molar-refractivity contribution >= 4 is 85.3 Å². The van der Waals surface area contributed by atoms with Crippen LogP contribution in [0.2, 0.25) is 0 Å². The number of carbonyl (C=O) groups excluding carboxylic acids is 2. The van der Waals surface area contributed by atoms with Crippen LogP contribution in [0.1, 0.15) is 86.9 Å². The molecule has 28 heteroatoms. The molecule has 3 heterocycles. The molecule has 2 aromatic heterocycles. The maximum Gasteiger partial charge on any atom is 0.417 e. The number of anilines is 2. The van der Waals surface area contributed by atoms with E-state index in [4.69, 9.17) is 32.2 Å². The number of amides is 1. The molecule has 410 valence electrons. The van der Waals surface area contributed by atoms with Crippen LogP contribution in [0.25, 0.3) is 21.8 Å². The minimum atomic E-state index is -4.87. The van der Waals surface area contributed by atoms with Gasteiger partial charge in [0.15, 0.2) is 5.82 Å². The molecule has 1 aliphatic heterocycles. The lowest BCUT2D eigenvalue weighted by Crippen LogP contribution is -2.41. The molecule has 0 saturated carbocycles. The van der Waals surface area contributed by atoms with Gasteiger partial charge in [-0.15, -0.1) is 0 Å². The Hall–Kier alpha value is -8.07. The van der Waals surface area contributed by atoms with Crippen molar-refractivity contribution in [1.29, 1.82) is 10.5 Å². The molecule has 0 spiro atoms. The van der Waals surface area contributed by atoms with Gasteiger partial charge in [-0.1, -0.05) is 12.2 Å². The number of aliphatic imine (C=N–C) groups is 1. The van der Waals surface area contributed by atoms with E-state index in [-0.39, 0.29) is 55.7 Å². The first kappa shape index (κ1) is 60.8. The number of nitrogens with zero attached hydrogens (tertiary/aromatic N) is 8. The summed E-state index contributed by atoms with van der Waals surface area (Å²) in [6.07, 6.45) is -9.44. The summed E-state index contributed by atoms with van der Waals surface area (Å²) in [7, 11) is 3.62. The molecule has 1 atom stereocenters. The summed E-state index contributed by atoms with van der Waals surface area (Å²) in [4.78, 5) is 44.0. The topological polar surface area (TPSA) is 189 Å². The zero-order valence-corrected chi connectivity index (χ0v) is 43.5. The van der Waals surface area contributed by atoms with Crippen LogP contribution in [-0.2, 0) is 38.5 Å². The van der Waals surface area contributed by atoms with Gasteiger partial charge in [-0.25, -0.2) is 23.5 Å². The van der Waals surface area contributed by atoms with Gasteiger partial charge in [-0.05, 0) is 106 Å². The molecule has 0 radical (unpaired) electrons. The number of isothiocyanates is 1. The Kier molecular flexibility index (Phi) is 17.5. The van der Waals surface area contributed by atoms with Gasteiger partial charge < -0.3 is 19.5 Å². The van der Waals surface area contributed by atoms with Gasteiger partial charge in [-0.3, -0.25) is 9.69 Å². The SMILES string of the molecule is COC(=O)C(C)(C)Nc1cc(F)c2nc(C(C)(F)F)nc(OC)c2c1.COc1nc(C(C)(F)F)nc2c(F)cc(C3C(=S)N(c4ccc(C#N)c(C(F)(F)F)c4)C(=O)C3(C)C)cc12.N#Cc1ccc(N=C=S)cc1C(F)(F)F. The highest BCUT2D eigenvalue weighted by atomic mass is 32.1. The number of ether oxygens (including phenoxy) is 3. The zero-order valence-electron chi connectivity index (χ0n) is 41.8. The lowest BCUT2D eigenvalue weighted by molar-refractivity contribution is -0.144. The molecule has 0 bridgehead atoms. The molecule has 14 nitrogen and oxygen atoms in total. The average molecular weight is 1140 g/mol. The molecular weight excluding hydrogens is 1100 g/mol. The fraction of sp³-hybridized carbons (Fsp3) is 0.320. The number of alkyl halides is 10. The van der Waals surface area contributed by atoms with Gasteiger partial charge in [0.1, 0.15) is 22.4 Å². The van der Waals surface area contributed by atoms with Gasteiger partial charge >= 0.3 is 30.2 Å². The number of thiocarbonyl (C=S) groups is 2. The van der Waals surface area contributed by atoms with Crippen molar-refractivity contribution in [3.63, 3.8) is 0 Å². The maximum absolute atomic E-state index is 15.3. The number of esters is 1. The van der Waals surface area contributed by atoms with Crippen LogP contribution >= 0.6 is 24.4 Å². The van der Waals surface area contributed by atoms with Crippen molar-refractivity contribution in [2.75, 3.05) is 31.5 Å². The summed E-state index contributed by atoms with van der Waals surface area (Å²) >= 11 is 9.79. The average Bonchev–Trinajstić information content (AvgIpc) is 3.62. The first-order valence-electron chi connectivity index (χ1n) is 21.9. The van der Waals surface area contributed by atoms with E-state index in [2.05, 4.69) is 47.2 Å². The highest BCUT2D eigenvalue weighted by molar-refractivity contribution is 7.80. The molecule has 1 N–H and O–H groups in total. The highest BCUT2D eigenvalue weighted by Crippen LogP contribution is 2.49. The van der Waals surface area contributed by atoms with Gasteiger partial charge in [0, 0.05) is 25.5 Å². The molecule has 1 aliphatic rings. The fourth-order valence-corrected chi connectivity index (χ4v) is 8.42. The van der Waals surface area contributed by atoms with Crippen molar-refractivity contribution in [2.45, 2.75) is 77.2 Å². The number of fused-ring (bicyclic) bond motifs is 2. The number of nitrogens with one attached hydrogen (secondary N) is 1. The molecule has 1 amide bonds. The van der Waals surface area contributed by atoms with E-state index in [0.717, 1.165) is 42.3 Å². The van der Waals surface area contributed by atoms with Crippen LogP contribution in [0.4, 0.5) is 69.7 Å². The van der Waals surface area contributed by atoms with E-state index in [1.807, 2.05) is 5.16 Å². The number of aromatic nitrogens is 4. The quantitative estimate of drug-likeness (QED) is 0.0590. The van der Waals surface area contributed by atoms with Crippen LogP contribution < -0.4 is 19.7 Å². The maximum atomic E-state index is 15.3. The summed E-state index contributed by atoms with van der Waals surface area (Å²) in [5.41, 5.74) is -6.38. The van der Waals surface area contributed by atoms with Gasteiger partial charge in [-0.2, -0.15) is 69.4 Å². The number of benzene rings is 4. The molecule has 7 rings (SSSR count). The van der Waals surface area contributed by atoms with Crippen LogP contribution in [0.3, 0.4) is 0 Å². The molecule has 6 aromatic rings. The number of nitriles is 2. The number of halogens is 12. The Morgan fingerprint density at radius 1 is 0.718 bits per heavy atom. The summed E-state index contributed by atoms with van der Waals surface area (Å²) in [5.74, 6) is -13.2. The van der Waals surface area contributed by atoms with Crippen molar-refractivity contribution in [2.24, 2.45) is 10.4 Å². The Labute approximate surface area is 445 Å². The van der Waals surface area contributed by atoms with Crippen LogP contribution in [0.15, 0.2) is 65.7 Å². The van der Waals surface area contributed by atoms with Gasteiger partial charge in [0.25, 0.3) is 0 Å². The minimum Gasteiger partial charge on any atom is -0.480 e. The monoisotopic (exact) mass is 1140 g/mol. The summed E-state index contributed by atoms with van der Waals surface area (Å²) in [6.45, 7) is 7.26. The predicted molar refractivity (Wildman–Crippen MR) is 265 cm³/mol. The number of methoxy groups -OCH3 is 3. The van der Waals surface area contributed by atoms with Gasteiger partial charge in [0.05, 0.1) is 93.4 Å². The first-order chi connectivity index (χ1) is 36.0. The predicted octanol–water partition coefficient (Wildman–Crippen LogP) is 12.8. The number of hydrogen-bond acceptors (Lipinski definition) is 15. The normalized spacial score (nSPS) is 14.5. The number of hydrogen-bond donors (Lipinski definition) is 1. The summed E-state index contributed by atoms with van der Waals surface area (Å²) < 4.78 is 177. The fourth-order valence-electron chi connectivity index (χ4n) is 7.70. The van der Waals surface area contributed by atoms with E-state index in [0.29, 0.717) is 19.9 Å². The first-order valence-corrected chi connectivity index (χ1v) is 22.7. The molecule has 1 unspecified atom stereocenters. The smallest absolute Gasteiger partial charge is 0.417 e. The van der Waals surface area contributed by atoms with Crippen molar-refractivity contribution < 1.29 is 76.5 Å². The van der Waals surface area contributed by atoms with Crippen LogP contribution in [-0.4, -0.2) is 68.8 Å². The second kappa shape index (κ2) is 22.5. The van der Waals surface area contributed by atoms with E-state index < -0.39 is 104 Å². The molecule has 1 fully saturated rings. The summed E-state index contributed by atoms with van der Waals surface area (Å²) in [5, 5.41) is 22.4. The third-order valence-electron chi connectivity index (χ3n) is 11.4. The lowest BCUT2D eigenvalue weighted by Gasteiger charge is -2.24. The molecule has 78 heavy (non-hydrogen) atoms. The minimum absolute atomic E-state index is 0.0244. The van der Waals surface area contributed by atoms with E-state index in [1.54, 1.807) is 13.8 Å². The lowest BCUT2D eigenvalue weighted by atomic mass is 9.77. The molecule has 0 aliphatic carbocycles. The van der Waals surface area contributed by atoms with E-state index >= 15 is 4.39 Å². The largest absolute Gasteiger partial charge is 0.480 e. The third-order valence-corrected chi connectivity index (χ3v) is 11.9. The molecular formula is C50H39F12N9O5S2. The Balaban J connectivity index is 0.000000240. The van der Waals surface area contributed by atoms with Crippen molar-refractivity contribution in [1.82, 2.24) is 19.9 Å². The van der Waals surface area contributed by atoms with E-state index in [1.165, 1.54) is 64.5 Å². The van der Waals surface area contributed by atoms with Crippen molar-refractivity contribution in [3.05, 3.63) is 112 Å². The van der Waals surface area contributed by atoms with E-state index in [9.17, 15) is 57.9 Å². The van der Waals surface area contributed by atoms with Crippen molar-refractivity contribution in [3.8, 4) is 23.9 Å². The van der Waals surface area contributed by atoms with Crippen LogP contribution in [0.5, 0.6) is 11.8 Å². The standard InChI is InChI=1S/C25H18F6N4O2S.C16H18F3N3O3.C9H3F3N2S/c1-23(2)17(12-7-14-18(16(26)8-12)33-21(24(3,27)28)34-19(14)37-4)20(38)35(22(23)36)13-6-5-11(10-32)15(9-13)25(29,30)31;1-15(2,14(23)25-5)22-8-6-9-11(10(17)7-8)20-13(16(3,18)19)21-12(9)24-4;10-9(11,12)8-3-7(14-5-15)2-1-6(8)4-13/h5-9,17H,1-4H3;6-7,22H,1-5H3;1-3H. The number of rotatable bonds is 10. The zero-order chi connectivity index (χ0) is 58.8. The Morgan fingerprint density at radius 3 is 1.64 bits per heavy atom. The highest BCUT2D eigenvalue weighted by Gasteiger charge is 2.53. The third kappa shape index (κ3) is 12.8. The second-order valence-corrected chi connectivity index (χ2v) is 18.5. The molecule has 4 aromatic carbocycles. The van der Waals surface area contributed by atoms with Gasteiger partial charge in [0.2, 0.25) is 29.3 Å². The summed E-state index contributed by atoms with van der Waals surface area (Å²) in [6, 6.07) is 13.6. The Morgan fingerprint density at radius 2 is 1.19 bits per heavy atom. The number of carbonyl (C=O) groups is 2. The second-order valence-electron chi connectivity index (χ2n) is 17.9. The Bertz CT molecular complexity index is 3510. The molecule has 1 saturated heterocycles. The van der Waals surface area contributed by atoms with Crippen LogP contribution in [0, 0.1) is 39.7 Å².